The summed E-state index contributed by atoms with van der Waals surface area (Å²) >= 11 is 12.2. The molecule has 2 aromatic carbocycles. The van der Waals surface area contributed by atoms with E-state index in [0.29, 0.717) is 5.02 Å². The second-order valence-corrected chi connectivity index (χ2v) is 4.56. The average Bonchev–Trinajstić information content (AvgIpc) is 2.39. The predicted molar refractivity (Wildman–Crippen MR) is 72.1 cm³/mol. The Morgan fingerprint density at radius 3 is 1.82 bits per heavy atom. The molecule has 0 saturated heterocycles. The lowest BCUT2D eigenvalue weighted by Crippen LogP contribution is -1.93. The highest BCUT2D eigenvalue weighted by atomic mass is 35.5. The molecule has 0 saturated carbocycles. The fourth-order valence-corrected chi connectivity index (χ4v) is 2.01. The molecular formula is C14H12Cl2O. The Bertz CT molecular complexity index is 477. The first-order valence-electron chi connectivity index (χ1n) is 5.24. The molecule has 0 radical (unpaired) electrons. The van der Waals surface area contributed by atoms with Crippen LogP contribution in [0.2, 0.25) is 5.02 Å². The molecule has 0 amide bonds. The Hall–Kier alpha value is -1.18. The smallest absolute Gasteiger partial charge is 0.118 e. The van der Waals surface area contributed by atoms with E-state index in [-0.39, 0.29) is 5.38 Å². The van der Waals surface area contributed by atoms with Crippen molar-refractivity contribution in [2.24, 2.45) is 0 Å². The number of halogens is 2. The summed E-state index contributed by atoms with van der Waals surface area (Å²) < 4.78 is 5.11. The topological polar surface area (TPSA) is 9.23 Å². The zero-order chi connectivity index (χ0) is 12.3. The molecule has 2 rings (SSSR count). The maximum atomic E-state index is 6.40. The van der Waals surface area contributed by atoms with E-state index < -0.39 is 0 Å². The van der Waals surface area contributed by atoms with E-state index in [1.54, 1.807) is 7.11 Å². The van der Waals surface area contributed by atoms with Crippen LogP contribution in [0, 0.1) is 0 Å². The van der Waals surface area contributed by atoms with Gasteiger partial charge in [-0.1, -0.05) is 35.9 Å². The van der Waals surface area contributed by atoms with Crippen LogP contribution in [0.5, 0.6) is 5.75 Å². The SMILES string of the molecule is COc1ccc([C@@H](Cl)c2ccc(Cl)cc2)cc1. The monoisotopic (exact) mass is 266 g/mol. The molecule has 0 aliphatic heterocycles. The molecule has 88 valence electrons. The molecular weight excluding hydrogens is 255 g/mol. The molecule has 0 aliphatic carbocycles. The van der Waals surface area contributed by atoms with Gasteiger partial charge in [0.05, 0.1) is 12.5 Å². The van der Waals surface area contributed by atoms with Gasteiger partial charge >= 0.3 is 0 Å². The van der Waals surface area contributed by atoms with Crippen molar-refractivity contribution in [2.75, 3.05) is 7.11 Å². The number of ether oxygens (including phenoxy) is 1. The summed E-state index contributed by atoms with van der Waals surface area (Å²) in [5.74, 6) is 0.828. The molecule has 0 spiro atoms. The Morgan fingerprint density at radius 1 is 0.882 bits per heavy atom. The van der Waals surface area contributed by atoms with E-state index in [2.05, 4.69) is 0 Å². The number of benzene rings is 2. The van der Waals surface area contributed by atoms with Crippen molar-refractivity contribution >= 4 is 23.2 Å². The van der Waals surface area contributed by atoms with E-state index in [0.717, 1.165) is 16.9 Å². The fraction of sp³-hybridized carbons (Fsp3) is 0.143. The minimum Gasteiger partial charge on any atom is -0.497 e. The highest BCUT2D eigenvalue weighted by Gasteiger charge is 2.10. The summed E-state index contributed by atoms with van der Waals surface area (Å²) in [7, 11) is 1.65. The minimum atomic E-state index is -0.168. The summed E-state index contributed by atoms with van der Waals surface area (Å²) in [5, 5.41) is 0.547. The number of methoxy groups -OCH3 is 1. The van der Waals surface area contributed by atoms with Gasteiger partial charge in [0.15, 0.2) is 0 Å². The predicted octanol–water partition coefficient (Wildman–Crippen LogP) is 4.68. The lowest BCUT2D eigenvalue weighted by atomic mass is 10.0. The van der Waals surface area contributed by atoms with Crippen LogP contribution in [0.3, 0.4) is 0 Å². The van der Waals surface area contributed by atoms with E-state index in [4.69, 9.17) is 27.9 Å². The van der Waals surface area contributed by atoms with Crippen molar-refractivity contribution < 1.29 is 4.74 Å². The molecule has 0 fully saturated rings. The normalized spacial score (nSPS) is 12.2. The molecule has 1 nitrogen and oxygen atoms in total. The molecule has 2 aromatic rings. The maximum absolute atomic E-state index is 6.40. The minimum absolute atomic E-state index is 0.168. The Kier molecular flexibility index (Phi) is 3.93. The van der Waals surface area contributed by atoms with Crippen LogP contribution in [-0.4, -0.2) is 7.11 Å². The van der Waals surface area contributed by atoms with Crippen LogP contribution in [0.4, 0.5) is 0 Å². The summed E-state index contributed by atoms with van der Waals surface area (Å²) in [5.41, 5.74) is 2.07. The van der Waals surface area contributed by atoms with Crippen molar-refractivity contribution in [1.82, 2.24) is 0 Å². The van der Waals surface area contributed by atoms with Crippen LogP contribution in [0.25, 0.3) is 0 Å². The number of hydrogen-bond donors (Lipinski definition) is 0. The number of rotatable bonds is 3. The second-order valence-electron chi connectivity index (χ2n) is 3.69. The van der Waals surface area contributed by atoms with Gasteiger partial charge in [-0.15, -0.1) is 11.6 Å². The largest absolute Gasteiger partial charge is 0.497 e. The third kappa shape index (κ3) is 2.93. The maximum Gasteiger partial charge on any atom is 0.118 e. The quantitative estimate of drug-likeness (QED) is 0.734. The number of hydrogen-bond acceptors (Lipinski definition) is 1. The highest BCUT2D eigenvalue weighted by Crippen LogP contribution is 2.30. The molecule has 0 aromatic heterocycles. The first-order valence-corrected chi connectivity index (χ1v) is 6.05. The lowest BCUT2D eigenvalue weighted by molar-refractivity contribution is 0.414. The first-order chi connectivity index (χ1) is 8.20. The molecule has 0 bridgehead atoms. The molecule has 0 unspecified atom stereocenters. The summed E-state index contributed by atoms with van der Waals surface area (Å²) in [6.07, 6.45) is 0. The van der Waals surface area contributed by atoms with Crippen molar-refractivity contribution in [1.29, 1.82) is 0 Å². The standard InChI is InChI=1S/C14H12Cl2O/c1-17-13-8-4-11(5-9-13)14(16)10-2-6-12(15)7-3-10/h2-9,14H,1H3/t14-/m0/s1. The fourth-order valence-electron chi connectivity index (χ4n) is 1.60. The van der Waals surface area contributed by atoms with Crippen LogP contribution >= 0.6 is 23.2 Å². The summed E-state index contributed by atoms with van der Waals surface area (Å²) in [6, 6.07) is 15.3. The van der Waals surface area contributed by atoms with Gasteiger partial charge in [-0.25, -0.2) is 0 Å². The molecule has 0 heterocycles. The third-order valence-corrected chi connectivity index (χ3v) is 3.33. The van der Waals surface area contributed by atoms with E-state index in [9.17, 15) is 0 Å². The van der Waals surface area contributed by atoms with Crippen LogP contribution in [0.1, 0.15) is 16.5 Å². The third-order valence-electron chi connectivity index (χ3n) is 2.57. The highest BCUT2D eigenvalue weighted by molar-refractivity contribution is 6.30. The lowest BCUT2D eigenvalue weighted by Gasteiger charge is -2.11. The van der Waals surface area contributed by atoms with Crippen LogP contribution in [0.15, 0.2) is 48.5 Å². The Balaban J connectivity index is 2.23. The van der Waals surface area contributed by atoms with E-state index in [1.165, 1.54) is 0 Å². The zero-order valence-electron chi connectivity index (χ0n) is 9.36. The molecule has 0 aliphatic rings. The van der Waals surface area contributed by atoms with Gasteiger partial charge in [0.25, 0.3) is 0 Å². The van der Waals surface area contributed by atoms with Gasteiger partial charge in [-0.3, -0.25) is 0 Å². The molecule has 17 heavy (non-hydrogen) atoms. The van der Waals surface area contributed by atoms with Crippen molar-refractivity contribution in [3.63, 3.8) is 0 Å². The van der Waals surface area contributed by atoms with Crippen molar-refractivity contribution in [2.45, 2.75) is 5.38 Å². The van der Waals surface area contributed by atoms with Crippen molar-refractivity contribution in [3.05, 3.63) is 64.7 Å². The second kappa shape index (κ2) is 5.44. The zero-order valence-corrected chi connectivity index (χ0v) is 10.9. The first kappa shape index (κ1) is 12.3. The Labute approximate surface area is 111 Å². The van der Waals surface area contributed by atoms with Gasteiger partial charge in [0.2, 0.25) is 0 Å². The van der Waals surface area contributed by atoms with E-state index >= 15 is 0 Å². The summed E-state index contributed by atoms with van der Waals surface area (Å²) in [4.78, 5) is 0. The van der Waals surface area contributed by atoms with Gasteiger partial charge in [-0.2, -0.15) is 0 Å². The van der Waals surface area contributed by atoms with Gasteiger partial charge in [0.1, 0.15) is 5.75 Å². The number of alkyl halides is 1. The van der Waals surface area contributed by atoms with Gasteiger partial charge in [0, 0.05) is 5.02 Å². The van der Waals surface area contributed by atoms with Crippen LogP contribution < -0.4 is 4.74 Å². The molecule has 1 atom stereocenters. The average molecular weight is 267 g/mol. The molecule has 0 N–H and O–H groups in total. The Morgan fingerprint density at radius 2 is 1.35 bits per heavy atom. The van der Waals surface area contributed by atoms with Gasteiger partial charge in [-0.05, 0) is 35.4 Å². The summed E-state index contributed by atoms with van der Waals surface area (Å²) in [6.45, 7) is 0. The van der Waals surface area contributed by atoms with Gasteiger partial charge < -0.3 is 4.74 Å². The van der Waals surface area contributed by atoms with E-state index in [1.807, 2.05) is 48.5 Å². The van der Waals surface area contributed by atoms with Crippen LogP contribution in [-0.2, 0) is 0 Å². The van der Waals surface area contributed by atoms with Crippen molar-refractivity contribution in [3.8, 4) is 5.75 Å². The molecule has 3 heteroatoms.